The first-order valence-electron chi connectivity index (χ1n) is 7.61. The summed E-state index contributed by atoms with van der Waals surface area (Å²) in [7, 11) is 0. The third kappa shape index (κ3) is 4.34. The Morgan fingerprint density at radius 2 is 2.14 bits per heavy atom. The first kappa shape index (κ1) is 16.6. The number of hydrogen-bond donors (Lipinski definition) is 2. The summed E-state index contributed by atoms with van der Waals surface area (Å²) in [5.74, 6) is 0. The number of anilines is 1. The Kier molecular flexibility index (Phi) is 6.33. The van der Waals surface area contributed by atoms with Crippen LogP contribution in [-0.2, 0) is 0 Å². The van der Waals surface area contributed by atoms with Gasteiger partial charge in [0, 0.05) is 35.3 Å². The Labute approximate surface area is 137 Å². The summed E-state index contributed by atoms with van der Waals surface area (Å²) in [5.41, 5.74) is 8.01. The number of nitrogens with zero attached hydrogens (tertiary/aromatic N) is 1. The lowest BCUT2D eigenvalue weighted by Gasteiger charge is -2.33. The monoisotopic (exact) mass is 323 g/mol. The molecule has 0 radical (unpaired) electrons. The van der Waals surface area contributed by atoms with Crippen molar-refractivity contribution in [3.8, 4) is 0 Å². The van der Waals surface area contributed by atoms with Gasteiger partial charge in [-0.1, -0.05) is 25.2 Å². The van der Waals surface area contributed by atoms with E-state index in [1.165, 1.54) is 38.9 Å². The number of likely N-dealkylation sites (tertiary alicyclic amines) is 1. The van der Waals surface area contributed by atoms with Crippen molar-refractivity contribution in [2.24, 2.45) is 5.73 Å². The maximum atomic E-state index is 5.93. The molecule has 0 spiro atoms. The molecule has 116 valence electrons. The Morgan fingerprint density at radius 3 is 2.71 bits per heavy atom. The highest BCUT2D eigenvalue weighted by molar-refractivity contribution is 7.98. The fraction of sp³-hybridized carbons (Fsp3) is 0.562. The van der Waals surface area contributed by atoms with Crippen LogP contribution in [0.4, 0.5) is 5.69 Å². The van der Waals surface area contributed by atoms with E-state index in [2.05, 4.69) is 41.6 Å². The van der Waals surface area contributed by atoms with Crippen LogP contribution in [-0.4, -0.2) is 41.8 Å². The average Bonchev–Trinajstić information content (AvgIpc) is 2.49. The van der Waals surface area contributed by atoms with Gasteiger partial charge in [-0.05, 0) is 44.2 Å². The van der Waals surface area contributed by atoms with Gasteiger partial charge in [-0.25, -0.2) is 0 Å². The highest BCUT2D eigenvalue weighted by Gasteiger charge is 2.20. The van der Waals surface area contributed by atoms with E-state index in [4.69, 9.17) is 18.0 Å². The van der Waals surface area contributed by atoms with Gasteiger partial charge in [0.15, 0.2) is 0 Å². The molecule has 0 amide bonds. The first-order chi connectivity index (χ1) is 10.2. The summed E-state index contributed by atoms with van der Waals surface area (Å²) < 4.78 is 0. The minimum Gasteiger partial charge on any atom is -0.389 e. The molecule has 21 heavy (non-hydrogen) atoms. The lowest BCUT2D eigenvalue weighted by atomic mass is 10.0. The third-order valence-electron chi connectivity index (χ3n) is 3.98. The van der Waals surface area contributed by atoms with E-state index in [1.807, 2.05) is 0 Å². The fourth-order valence-corrected chi connectivity index (χ4v) is 3.84. The largest absolute Gasteiger partial charge is 0.389 e. The summed E-state index contributed by atoms with van der Waals surface area (Å²) in [6.45, 7) is 5.81. The highest BCUT2D eigenvalue weighted by Crippen LogP contribution is 2.28. The summed E-state index contributed by atoms with van der Waals surface area (Å²) in [5, 5.41) is 3.66. The summed E-state index contributed by atoms with van der Waals surface area (Å²) in [6.07, 6.45) is 5.66. The van der Waals surface area contributed by atoms with Gasteiger partial charge in [-0.3, -0.25) is 0 Å². The second-order valence-corrected chi connectivity index (χ2v) is 6.80. The minimum atomic E-state index is 0.478. The molecule has 0 aliphatic carbocycles. The topological polar surface area (TPSA) is 41.3 Å². The van der Waals surface area contributed by atoms with Crippen LogP contribution in [0.15, 0.2) is 23.1 Å². The molecule has 0 atom stereocenters. The van der Waals surface area contributed by atoms with E-state index >= 15 is 0 Å². The molecule has 2 rings (SSSR count). The molecule has 0 saturated carbocycles. The summed E-state index contributed by atoms with van der Waals surface area (Å²) >= 11 is 6.93. The van der Waals surface area contributed by atoms with E-state index in [1.54, 1.807) is 11.8 Å². The summed E-state index contributed by atoms with van der Waals surface area (Å²) in [4.78, 5) is 4.17. The fourth-order valence-electron chi connectivity index (χ4n) is 2.91. The Bertz CT molecular complexity index is 482. The first-order valence-corrected chi connectivity index (χ1v) is 9.24. The predicted octanol–water partition coefficient (Wildman–Crippen LogP) is 3.33. The van der Waals surface area contributed by atoms with Gasteiger partial charge < -0.3 is 16.0 Å². The molecule has 3 N–H and O–H groups in total. The molecule has 1 fully saturated rings. The molecular weight excluding hydrogens is 298 g/mol. The van der Waals surface area contributed by atoms with Crippen molar-refractivity contribution in [1.29, 1.82) is 0 Å². The lowest BCUT2D eigenvalue weighted by Crippen LogP contribution is -2.39. The molecule has 1 aliphatic rings. The lowest BCUT2D eigenvalue weighted by molar-refractivity contribution is 0.219. The van der Waals surface area contributed by atoms with Crippen molar-refractivity contribution in [1.82, 2.24) is 4.90 Å². The summed E-state index contributed by atoms with van der Waals surface area (Å²) in [6, 6.07) is 6.76. The number of thiocarbonyl (C=S) groups is 1. The number of benzene rings is 1. The number of rotatable bonds is 6. The molecule has 0 bridgehead atoms. The molecule has 5 heteroatoms. The average molecular weight is 324 g/mol. The molecule has 1 heterocycles. The van der Waals surface area contributed by atoms with Crippen molar-refractivity contribution in [3.63, 3.8) is 0 Å². The van der Waals surface area contributed by atoms with E-state index in [9.17, 15) is 0 Å². The van der Waals surface area contributed by atoms with Crippen molar-refractivity contribution in [2.75, 3.05) is 31.2 Å². The van der Waals surface area contributed by atoms with E-state index in [-0.39, 0.29) is 0 Å². The number of piperidine rings is 1. The zero-order valence-electron chi connectivity index (χ0n) is 12.9. The molecule has 1 aromatic carbocycles. The third-order valence-corrected chi connectivity index (χ3v) is 4.96. The van der Waals surface area contributed by atoms with Crippen LogP contribution >= 0.6 is 24.0 Å². The van der Waals surface area contributed by atoms with E-state index in [0.29, 0.717) is 11.0 Å². The maximum Gasteiger partial charge on any atom is 0.107 e. The smallest absolute Gasteiger partial charge is 0.107 e. The van der Waals surface area contributed by atoms with Gasteiger partial charge in [-0.15, -0.1) is 11.8 Å². The van der Waals surface area contributed by atoms with Crippen molar-refractivity contribution < 1.29 is 0 Å². The van der Waals surface area contributed by atoms with Gasteiger partial charge in [0.05, 0.1) is 0 Å². The maximum absolute atomic E-state index is 5.93. The standard InChI is InChI=1S/C16H25N3S2/c1-3-9-19-10-7-12(8-11-19)18-13-5-4-6-14(21-2)15(13)16(17)20/h4-6,12,18H,3,7-11H2,1-2H3,(H2,17,20). The zero-order chi connectivity index (χ0) is 15.2. The van der Waals surface area contributed by atoms with Gasteiger partial charge in [-0.2, -0.15) is 0 Å². The SMILES string of the molecule is CCCN1CCC(Nc2cccc(SC)c2C(N)=S)CC1. The molecule has 0 aromatic heterocycles. The van der Waals surface area contributed by atoms with Crippen LogP contribution in [0.1, 0.15) is 31.7 Å². The van der Waals surface area contributed by atoms with Crippen LogP contribution < -0.4 is 11.1 Å². The molecule has 1 saturated heterocycles. The van der Waals surface area contributed by atoms with Gasteiger partial charge in [0.1, 0.15) is 4.99 Å². The van der Waals surface area contributed by atoms with E-state index in [0.717, 1.165) is 16.1 Å². The highest BCUT2D eigenvalue weighted by atomic mass is 32.2. The predicted molar refractivity (Wildman–Crippen MR) is 97.5 cm³/mol. The number of nitrogens with one attached hydrogen (secondary N) is 1. The Balaban J connectivity index is 2.05. The van der Waals surface area contributed by atoms with Crippen LogP contribution in [0, 0.1) is 0 Å². The van der Waals surface area contributed by atoms with Crippen molar-refractivity contribution in [2.45, 2.75) is 37.1 Å². The Hall–Kier alpha value is -0.780. The zero-order valence-corrected chi connectivity index (χ0v) is 14.5. The number of nitrogens with two attached hydrogens (primary N) is 1. The van der Waals surface area contributed by atoms with Crippen LogP contribution in [0.3, 0.4) is 0 Å². The van der Waals surface area contributed by atoms with Crippen molar-refractivity contribution in [3.05, 3.63) is 23.8 Å². The van der Waals surface area contributed by atoms with Crippen LogP contribution in [0.5, 0.6) is 0 Å². The Morgan fingerprint density at radius 1 is 1.43 bits per heavy atom. The molecule has 1 aliphatic heterocycles. The van der Waals surface area contributed by atoms with Crippen LogP contribution in [0.2, 0.25) is 0 Å². The minimum absolute atomic E-state index is 0.478. The molecule has 0 unspecified atom stereocenters. The normalized spacial score (nSPS) is 16.9. The molecule has 3 nitrogen and oxygen atoms in total. The second-order valence-electron chi connectivity index (χ2n) is 5.51. The molecular formula is C16H25N3S2. The van der Waals surface area contributed by atoms with Gasteiger partial charge >= 0.3 is 0 Å². The van der Waals surface area contributed by atoms with Crippen LogP contribution in [0.25, 0.3) is 0 Å². The molecule has 1 aromatic rings. The van der Waals surface area contributed by atoms with Gasteiger partial charge in [0.25, 0.3) is 0 Å². The second kappa shape index (κ2) is 8.01. The van der Waals surface area contributed by atoms with E-state index < -0.39 is 0 Å². The number of thioether (sulfide) groups is 1. The quantitative estimate of drug-likeness (QED) is 0.621. The van der Waals surface area contributed by atoms with Crippen molar-refractivity contribution >= 4 is 34.7 Å². The number of hydrogen-bond acceptors (Lipinski definition) is 4. The van der Waals surface area contributed by atoms with Gasteiger partial charge in [0.2, 0.25) is 0 Å².